The van der Waals surface area contributed by atoms with Gasteiger partial charge in [0, 0.05) is 19.5 Å². The molecule has 0 aliphatic carbocycles. The first kappa shape index (κ1) is 11.0. The van der Waals surface area contributed by atoms with Crippen LogP contribution in [-0.4, -0.2) is 8.76 Å². The van der Waals surface area contributed by atoms with Crippen LogP contribution in [0.4, 0.5) is 0 Å². The van der Waals surface area contributed by atoms with Crippen LogP contribution in [-0.2, 0) is 30.6 Å². The van der Waals surface area contributed by atoms with E-state index in [1.54, 1.807) is 12.1 Å². The zero-order valence-corrected chi connectivity index (χ0v) is 10.1. The van der Waals surface area contributed by atoms with Crippen molar-refractivity contribution in [1.82, 2.24) is 0 Å². The van der Waals surface area contributed by atoms with Crippen molar-refractivity contribution in [2.45, 2.75) is 11.8 Å². The van der Waals surface area contributed by atoms with Gasteiger partial charge < -0.3 is 4.55 Å². The summed E-state index contributed by atoms with van der Waals surface area (Å²) in [6, 6.07) is 6.91. The van der Waals surface area contributed by atoms with Gasteiger partial charge in [-0.05, 0) is 19.1 Å². The second kappa shape index (κ2) is 4.76. The Kier molecular flexibility index (Phi) is 4.74. The van der Waals surface area contributed by atoms with Gasteiger partial charge in [0.05, 0.1) is 4.90 Å². The van der Waals surface area contributed by atoms with E-state index in [4.69, 9.17) is 4.55 Å². The standard InChI is InChI=1S/C7H8O2S.Zn/c1-6-2-4-7(5-3-6)10(8)9;/h2-5H,1H3,(H,8,9);. The zero-order chi connectivity index (χ0) is 7.56. The Morgan fingerprint density at radius 2 is 1.73 bits per heavy atom. The summed E-state index contributed by atoms with van der Waals surface area (Å²) in [5, 5.41) is 0. The van der Waals surface area contributed by atoms with Gasteiger partial charge in [-0.15, -0.1) is 0 Å². The molecule has 0 amide bonds. The summed E-state index contributed by atoms with van der Waals surface area (Å²) in [5.41, 5.74) is 1.09. The van der Waals surface area contributed by atoms with Crippen LogP contribution < -0.4 is 0 Å². The van der Waals surface area contributed by atoms with Gasteiger partial charge in [-0.1, -0.05) is 17.7 Å². The SMILES string of the molecule is Cc1ccc(S(=O)O)cc1.[Zn]. The number of aryl methyl sites for hydroxylation is 1. The molecule has 0 spiro atoms. The van der Waals surface area contributed by atoms with E-state index in [1.165, 1.54) is 0 Å². The molecule has 1 atom stereocenters. The number of benzene rings is 1. The fourth-order valence-corrected chi connectivity index (χ4v) is 1.02. The van der Waals surface area contributed by atoms with E-state index < -0.39 is 11.1 Å². The third-order valence-corrected chi connectivity index (χ3v) is 1.90. The molecule has 11 heavy (non-hydrogen) atoms. The van der Waals surface area contributed by atoms with Crippen molar-refractivity contribution in [2.24, 2.45) is 0 Å². The largest absolute Gasteiger partial charge is 0.302 e. The van der Waals surface area contributed by atoms with Gasteiger partial charge in [-0.3, -0.25) is 0 Å². The van der Waals surface area contributed by atoms with Gasteiger partial charge in [-0.2, -0.15) is 0 Å². The minimum absolute atomic E-state index is 0. The molecule has 0 radical (unpaired) electrons. The van der Waals surface area contributed by atoms with Crippen LogP contribution in [0.2, 0.25) is 0 Å². The van der Waals surface area contributed by atoms with E-state index >= 15 is 0 Å². The van der Waals surface area contributed by atoms with Crippen LogP contribution in [0.15, 0.2) is 29.2 Å². The maximum atomic E-state index is 10.4. The van der Waals surface area contributed by atoms with Crippen LogP contribution in [0, 0.1) is 6.92 Å². The summed E-state index contributed by atoms with van der Waals surface area (Å²) >= 11 is -1.84. The Bertz CT molecular complexity index is 245. The van der Waals surface area contributed by atoms with E-state index in [2.05, 4.69) is 0 Å². The molecule has 2 nitrogen and oxygen atoms in total. The molecule has 4 heteroatoms. The molecular formula is C7H8O2SZn. The summed E-state index contributed by atoms with van der Waals surface area (Å²) in [6.45, 7) is 1.93. The molecule has 0 heterocycles. The fraction of sp³-hybridized carbons (Fsp3) is 0.143. The summed E-state index contributed by atoms with van der Waals surface area (Å²) in [6.07, 6.45) is 0. The van der Waals surface area contributed by atoms with Crippen molar-refractivity contribution >= 4 is 11.1 Å². The molecular weight excluding hydrogens is 214 g/mol. The van der Waals surface area contributed by atoms with Crippen LogP contribution in [0.3, 0.4) is 0 Å². The number of rotatable bonds is 1. The number of hydrogen-bond donors (Lipinski definition) is 1. The molecule has 1 unspecified atom stereocenters. The minimum atomic E-state index is -1.84. The summed E-state index contributed by atoms with van der Waals surface area (Å²) in [7, 11) is 0. The first-order valence-corrected chi connectivity index (χ1v) is 3.98. The van der Waals surface area contributed by atoms with Crippen molar-refractivity contribution < 1.29 is 28.2 Å². The second-order valence-electron chi connectivity index (χ2n) is 2.06. The van der Waals surface area contributed by atoms with E-state index in [-0.39, 0.29) is 19.5 Å². The predicted molar refractivity (Wildman–Crippen MR) is 40.2 cm³/mol. The van der Waals surface area contributed by atoms with Crippen LogP contribution >= 0.6 is 0 Å². The van der Waals surface area contributed by atoms with Crippen molar-refractivity contribution in [3.05, 3.63) is 29.8 Å². The third kappa shape index (κ3) is 3.23. The first-order chi connectivity index (χ1) is 4.70. The van der Waals surface area contributed by atoms with Gasteiger partial charge in [0.1, 0.15) is 0 Å². The van der Waals surface area contributed by atoms with Crippen molar-refractivity contribution in [2.75, 3.05) is 0 Å². The van der Waals surface area contributed by atoms with Gasteiger partial charge >= 0.3 is 0 Å². The van der Waals surface area contributed by atoms with Gasteiger partial charge in [0.15, 0.2) is 11.1 Å². The summed E-state index contributed by atoms with van der Waals surface area (Å²) in [4.78, 5) is 0.450. The van der Waals surface area contributed by atoms with E-state index in [0.29, 0.717) is 4.90 Å². The quantitative estimate of drug-likeness (QED) is 0.577. The summed E-state index contributed by atoms with van der Waals surface area (Å²) in [5.74, 6) is 0. The molecule has 0 aliphatic heterocycles. The Morgan fingerprint density at radius 1 is 1.27 bits per heavy atom. The van der Waals surface area contributed by atoms with E-state index in [9.17, 15) is 4.21 Å². The molecule has 1 rings (SSSR count). The van der Waals surface area contributed by atoms with E-state index in [1.807, 2.05) is 19.1 Å². The Morgan fingerprint density at radius 3 is 2.09 bits per heavy atom. The maximum Gasteiger partial charge on any atom is 0.186 e. The molecule has 56 valence electrons. The molecule has 0 saturated carbocycles. The van der Waals surface area contributed by atoms with E-state index in [0.717, 1.165) is 5.56 Å². The Balaban J connectivity index is 0.000001000. The summed E-state index contributed by atoms with van der Waals surface area (Å²) < 4.78 is 19.0. The Labute approximate surface area is 81.1 Å². The van der Waals surface area contributed by atoms with Crippen LogP contribution in [0.1, 0.15) is 5.56 Å². The number of hydrogen-bond acceptors (Lipinski definition) is 1. The topological polar surface area (TPSA) is 37.3 Å². The van der Waals surface area contributed by atoms with Gasteiger partial charge in [0.25, 0.3) is 0 Å². The van der Waals surface area contributed by atoms with Crippen molar-refractivity contribution in [1.29, 1.82) is 0 Å². The minimum Gasteiger partial charge on any atom is -0.302 e. The van der Waals surface area contributed by atoms with Crippen molar-refractivity contribution in [3.8, 4) is 0 Å². The third-order valence-electron chi connectivity index (χ3n) is 1.22. The van der Waals surface area contributed by atoms with Crippen molar-refractivity contribution in [3.63, 3.8) is 0 Å². The average Bonchev–Trinajstić information content (AvgIpc) is 1.88. The smallest absolute Gasteiger partial charge is 0.186 e. The second-order valence-corrected chi connectivity index (χ2v) is 3.03. The Hall–Kier alpha value is -0.0466. The average molecular weight is 222 g/mol. The fourth-order valence-electron chi connectivity index (χ4n) is 0.655. The monoisotopic (exact) mass is 220 g/mol. The van der Waals surface area contributed by atoms with Crippen LogP contribution in [0.5, 0.6) is 0 Å². The molecule has 1 N–H and O–H groups in total. The molecule has 0 aliphatic rings. The molecule has 0 aromatic heterocycles. The van der Waals surface area contributed by atoms with Gasteiger partial charge in [-0.25, -0.2) is 4.21 Å². The zero-order valence-electron chi connectivity index (χ0n) is 6.28. The first-order valence-electron chi connectivity index (χ1n) is 2.87. The maximum absolute atomic E-state index is 10.4. The predicted octanol–water partition coefficient (Wildman–Crippen LogP) is 1.57. The molecule has 0 fully saturated rings. The molecule has 1 aromatic rings. The molecule has 0 bridgehead atoms. The van der Waals surface area contributed by atoms with Crippen LogP contribution in [0.25, 0.3) is 0 Å². The molecule has 0 saturated heterocycles. The molecule has 1 aromatic carbocycles. The normalized spacial score (nSPS) is 11.8. The van der Waals surface area contributed by atoms with Gasteiger partial charge in [0.2, 0.25) is 0 Å².